The number of nitrogens with one attached hydrogen (secondary N) is 1. The summed E-state index contributed by atoms with van der Waals surface area (Å²) in [6, 6.07) is 5.66. The number of amides is 1. The third-order valence-electron chi connectivity index (χ3n) is 3.46. The molecular formula is C16H19N3O3S. The van der Waals surface area contributed by atoms with Gasteiger partial charge in [0.1, 0.15) is 0 Å². The fourth-order valence-electron chi connectivity index (χ4n) is 2.28. The number of ether oxygens (including phenoxy) is 2. The Bertz CT molecular complexity index is 687. The van der Waals surface area contributed by atoms with E-state index < -0.39 is 0 Å². The number of carbonyl (C=O) groups excluding carboxylic acids is 1. The smallest absolute Gasteiger partial charge is 0.231 e. The molecule has 1 aliphatic heterocycles. The van der Waals surface area contributed by atoms with Crippen LogP contribution >= 0.6 is 11.3 Å². The number of rotatable bonds is 7. The Morgan fingerprint density at radius 2 is 2.22 bits per heavy atom. The predicted molar refractivity (Wildman–Crippen MR) is 87.6 cm³/mol. The molecule has 1 amide bonds. The van der Waals surface area contributed by atoms with Gasteiger partial charge in [-0.05, 0) is 30.7 Å². The minimum absolute atomic E-state index is 0.0432. The lowest BCUT2D eigenvalue weighted by molar-refractivity contribution is -0.120. The van der Waals surface area contributed by atoms with Gasteiger partial charge in [0.25, 0.3) is 0 Å². The van der Waals surface area contributed by atoms with E-state index in [0.29, 0.717) is 19.5 Å². The second-order valence-electron chi connectivity index (χ2n) is 5.27. The second-order valence-corrected chi connectivity index (χ2v) is 6.21. The van der Waals surface area contributed by atoms with Crippen LogP contribution in [0.5, 0.6) is 11.5 Å². The molecule has 0 saturated heterocycles. The van der Waals surface area contributed by atoms with Gasteiger partial charge in [-0.1, -0.05) is 6.07 Å². The number of fused-ring (bicyclic) bond motifs is 1. The van der Waals surface area contributed by atoms with E-state index in [4.69, 9.17) is 15.2 Å². The summed E-state index contributed by atoms with van der Waals surface area (Å²) in [7, 11) is 0. The number of hydrogen-bond donors (Lipinski definition) is 2. The Kier molecular flexibility index (Phi) is 5.09. The molecule has 2 heterocycles. The first-order valence-corrected chi connectivity index (χ1v) is 8.41. The number of thiazole rings is 1. The van der Waals surface area contributed by atoms with E-state index in [0.717, 1.165) is 40.6 Å². The molecule has 122 valence electrons. The van der Waals surface area contributed by atoms with E-state index in [1.165, 1.54) is 0 Å². The van der Waals surface area contributed by atoms with Gasteiger partial charge in [-0.2, -0.15) is 0 Å². The van der Waals surface area contributed by atoms with Gasteiger partial charge in [0.2, 0.25) is 12.7 Å². The number of aryl methyl sites for hydroxylation is 1. The van der Waals surface area contributed by atoms with Crippen molar-refractivity contribution in [3.05, 3.63) is 39.8 Å². The summed E-state index contributed by atoms with van der Waals surface area (Å²) >= 11 is 1.58. The molecule has 1 aliphatic rings. The second kappa shape index (κ2) is 7.43. The summed E-state index contributed by atoms with van der Waals surface area (Å²) < 4.78 is 10.6. The highest BCUT2D eigenvalue weighted by atomic mass is 32.1. The zero-order chi connectivity index (χ0) is 16.1. The van der Waals surface area contributed by atoms with E-state index in [9.17, 15) is 4.79 Å². The van der Waals surface area contributed by atoms with Crippen molar-refractivity contribution in [2.75, 3.05) is 13.3 Å². The molecule has 23 heavy (non-hydrogen) atoms. The lowest BCUT2D eigenvalue weighted by atomic mass is 10.2. The van der Waals surface area contributed by atoms with Crippen molar-refractivity contribution in [3.8, 4) is 11.5 Å². The number of aromatic nitrogens is 1. The van der Waals surface area contributed by atoms with Gasteiger partial charge in [-0.15, -0.1) is 11.3 Å². The van der Waals surface area contributed by atoms with Crippen LogP contribution in [0.1, 0.15) is 22.7 Å². The third kappa shape index (κ3) is 4.20. The Balaban J connectivity index is 1.48. The third-order valence-corrected chi connectivity index (χ3v) is 4.42. The lowest BCUT2D eigenvalue weighted by Crippen LogP contribution is -2.24. The zero-order valence-electron chi connectivity index (χ0n) is 12.7. The van der Waals surface area contributed by atoms with Crippen LogP contribution in [0.4, 0.5) is 0 Å². The topological polar surface area (TPSA) is 86.5 Å². The van der Waals surface area contributed by atoms with Crippen LogP contribution in [0.25, 0.3) is 0 Å². The first kappa shape index (κ1) is 15.8. The van der Waals surface area contributed by atoms with Crippen LogP contribution in [-0.2, 0) is 24.2 Å². The number of benzene rings is 1. The quantitative estimate of drug-likeness (QED) is 0.804. The summed E-state index contributed by atoms with van der Waals surface area (Å²) in [5.41, 5.74) is 7.28. The Hall–Kier alpha value is -2.12. The molecule has 0 spiro atoms. The summed E-state index contributed by atoms with van der Waals surface area (Å²) in [4.78, 5) is 16.5. The van der Waals surface area contributed by atoms with Gasteiger partial charge in [-0.25, -0.2) is 4.98 Å². The molecule has 7 heteroatoms. The predicted octanol–water partition coefficient (Wildman–Crippen LogP) is 1.62. The minimum Gasteiger partial charge on any atom is -0.454 e. The number of nitrogens with two attached hydrogens (primary N) is 1. The first-order chi connectivity index (χ1) is 11.2. The van der Waals surface area contributed by atoms with Crippen LogP contribution in [0.3, 0.4) is 0 Å². The molecular weight excluding hydrogens is 314 g/mol. The monoisotopic (exact) mass is 333 g/mol. The molecule has 0 radical (unpaired) electrons. The van der Waals surface area contributed by atoms with Gasteiger partial charge in [0, 0.05) is 18.3 Å². The standard InChI is InChI=1S/C16H19N3O3S/c17-5-1-2-16-19-12(9-23-16)7-15(20)18-8-11-3-4-13-14(6-11)22-10-21-13/h3-4,6,9H,1-2,5,7-8,10,17H2,(H,18,20). The number of nitrogens with zero attached hydrogens (tertiary/aromatic N) is 1. The van der Waals surface area contributed by atoms with Gasteiger partial charge < -0.3 is 20.5 Å². The Labute approximate surface area is 138 Å². The van der Waals surface area contributed by atoms with Gasteiger partial charge in [0.05, 0.1) is 17.1 Å². The van der Waals surface area contributed by atoms with Crippen molar-refractivity contribution >= 4 is 17.2 Å². The van der Waals surface area contributed by atoms with E-state index in [1.807, 2.05) is 23.6 Å². The molecule has 0 atom stereocenters. The Morgan fingerprint density at radius 3 is 3.09 bits per heavy atom. The summed E-state index contributed by atoms with van der Waals surface area (Å²) in [6.45, 7) is 1.37. The largest absolute Gasteiger partial charge is 0.454 e. The number of hydrogen-bond acceptors (Lipinski definition) is 6. The van der Waals surface area contributed by atoms with Crippen LogP contribution in [-0.4, -0.2) is 24.2 Å². The van der Waals surface area contributed by atoms with E-state index >= 15 is 0 Å². The molecule has 1 aromatic heterocycles. The average Bonchev–Trinajstić information content (AvgIpc) is 3.19. The van der Waals surface area contributed by atoms with Gasteiger partial charge in [0.15, 0.2) is 11.5 Å². The van der Waals surface area contributed by atoms with Crippen molar-refractivity contribution in [2.24, 2.45) is 5.73 Å². The maximum atomic E-state index is 12.0. The van der Waals surface area contributed by atoms with E-state index in [-0.39, 0.29) is 12.7 Å². The normalized spacial score (nSPS) is 12.4. The Morgan fingerprint density at radius 1 is 1.35 bits per heavy atom. The maximum Gasteiger partial charge on any atom is 0.231 e. The number of carbonyl (C=O) groups is 1. The van der Waals surface area contributed by atoms with Gasteiger partial charge >= 0.3 is 0 Å². The average molecular weight is 333 g/mol. The van der Waals surface area contributed by atoms with Crippen LogP contribution in [0.2, 0.25) is 0 Å². The highest BCUT2D eigenvalue weighted by Gasteiger charge is 2.13. The molecule has 1 aromatic carbocycles. The summed E-state index contributed by atoms with van der Waals surface area (Å²) in [6.07, 6.45) is 2.09. The minimum atomic E-state index is -0.0432. The fourth-order valence-corrected chi connectivity index (χ4v) is 3.12. The van der Waals surface area contributed by atoms with Crippen LogP contribution < -0.4 is 20.5 Å². The zero-order valence-corrected chi connectivity index (χ0v) is 13.5. The molecule has 0 aliphatic carbocycles. The molecule has 0 unspecified atom stereocenters. The van der Waals surface area contributed by atoms with Crippen LogP contribution in [0, 0.1) is 0 Å². The van der Waals surface area contributed by atoms with E-state index in [2.05, 4.69) is 10.3 Å². The SMILES string of the molecule is NCCCc1nc(CC(=O)NCc2ccc3c(c2)OCO3)cs1. The summed E-state index contributed by atoms with van der Waals surface area (Å²) in [5, 5.41) is 5.87. The van der Waals surface area contributed by atoms with Crippen molar-refractivity contribution in [1.82, 2.24) is 10.3 Å². The van der Waals surface area contributed by atoms with E-state index in [1.54, 1.807) is 11.3 Å². The molecule has 2 aromatic rings. The molecule has 3 rings (SSSR count). The van der Waals surface area contributed by atoms with Crippen molar-refractivity contribution < 1.29 is 14.3 Å². The van der Waals surface area contributed by atoms with Crippen molar-refractivity contribution in [2.45, 2.75) is 25.8 Å². The maximum absolute atomic E-state index is 12.0. The molecule has 0 saturated carbocycles. The first-order valence-electron chi connectivity index (χ1n) is 7.53. The summed E-state index contributed by atoms with van der Waals surface area (Å²) in [5.74, 6) is 1.42. The van der Waals surface area contributed by atoms with Crippen molar-refractivity contribution in [1.29, 1.82) is 0 Å². The fraction of sp³-hybridized carbons (Fsp3) is 0.375. The molecule has 3 N–H and O–H groups in total. The van der Waals surface area contributed by atoms with Gasteiger partial charge in [-0.3, -0.25) is 4.79 Å². The molecule has 6 nitrogen and oxygen atoms in total. The molecule has 0 fully saturated rings. The highest BCUT2D eigenvalue weighted by Crippen LogP contribution is 2.32. The van der Waals surface area contributed by atoms with Crippen LogP contribution in [0.15, 0.2) is 23.6 Å². The highest BCUT2D eigenvalue weighted by molar-refractivity contribution is 7.09. The van der Waals surface area contributed by atoms with Crippen molar-refractivity contribution in [3.63, 3.8) is 0 Å². The molecule has 0 bridgehead atoms. The lowest BCUT2D eigenvalue weighted by Gasteiger charge is -2.05.